The van der Waals surface area contributed by atoms with E-state index < -0.39 is 18.0 Å². The second-order valence-electron chi connectivity index (χ2n) is 5.43. The summed E-state index contributed by atoms with van der Waals surface area (Å²) >= 11 is 0. The number of ether oxygens (including phenoxy) is 1. The first kappa shape index (κ1) is 19.0. The first-order chi connectivity index (χ1) is 12.5. The van der Waals surface area contributed by atoms with Crippen LogP contribution in [-0.2, 0) is 9.53 Å². The summed E-state index contributed by atoms with van der Waals surface area (Å²) in [7, 11) is 0. The third kappa shape index (κ3) is 5.06. The number of nitrogens with one attached hydrogen (secondary N) is 2. The number of carbonyl (C=O) groups excluding carboxylic acids is 2. The first-order valence-electron chi connectivity index (χ1n) is 8.01. The standard InChI is InChI=1S/C19H19N3O4/c1-13(18(24)22-15-6-4-5-14(11-15)12-20)26-19(25)16-7-2-3-8-17(16)21-9-10-23/h2-8,11,13,21,23H,9-10H2,1H3,(H,22,24)/t13-/m0/s1. The number of aliphatic hydroxyl groups excluding tert-OH is 1. The lowest BCUT2D eigenvalue weighted by Gasteiger charge is -2.15. The third-order valence-corrected chi connectivity index (χ3v) is 3.49. The van der Waals surface area contributed by atoms with E-state index >= 15 is 0 Å². The Bertz CT molecular complexity index is 830. The van der Waals surface area contributed by atoms with Gasteiger partial charge in [0.15, 0.2) is 6.10 Å². The zero-order valence-electron chi connectivity index (χ0n) is 14.2. The fraction of sp³-hybridized carbons (Fsp3) is 0.211. The van der Waals surface area contributed by atoms with E-state index in [1.54, 1.807) is 42.5 Å². The number of hydrogen-bond acceptors (Lipinski definition) is 6. The van der Waals surface area contributed by atoms with Crippen LogP contribution in [0.2, 0.25) is 0 Å². The fourth-order valence-corrected chi connectivity index (χ4v) is 2.19. The number of esters is 1. The molecule has 0 radical (unpaired) electrons. The van der Waals surface area contributed by atoms with Crippen molar-refractivity contribution in [2.24, 2.45) is 0 Å². The van der Waals surface area contributed by atoms with E-state index in [2.05, 4.69) is 10.6 Å². The van der Waals surface area contributed by atoms with Crippen LogP contribution >= 0.6 is 0 Å². The van der Waals surface area contributed by atoms with E-state index in [1.165, 1.54) is 13.0 Å². The van der Waals surface area contributed by atoms with Crippen molar-refractivity contribution in [1.29, 1.82) is 5.26 Å². The first-order valence-corrected chi connectivity index (χ1v) is 8.01. The van der Waals surface area contributed by atoms with Crippen LogP contribution in [0.5, 0.6) is 0 Å². The molecule has 0 saturated carbocycles. The van der Waals surface area contributed by atoms with Crippen LogP contribution in [0.4, 0.5) is 11.4 Å². The van der Waals surface area contributed by atoms with Gasteiger partial charge in [-0.2, -0.15) is 5.26 Å². The van der Waals surface area contributed by atoms with Crippen LogP contribution in [0.15, 0.2) is 48.5 Å². The third-order valence-electron chi connectivity index (χ3n) is 3.49. The van der Waals surface area contributed by atoms with Crippen molar-refractivity contribution in [3.63, 3.8) is 0 Å². The number of nitriles is 1. The van der Waals surface area contributed by atoms with Gasteiger partial charge in [-0.15, -0.1) is 0 Å². The Morgan fingerprint density at radius 2 is 2.00 bits per heavy atom. The molecule has 0 fully saturated rings. The number of anilines is 2. The van der Waals surface area contributed by atoms with Crippen LogP contribution < -0.4 is 10.6 Å². The number of aliphatic hydroxyl groups is 1. The zero-order chi connectivity index (χ0) is 18.9. The summed E-state index contributed by atoms with van der Waals surface area (Å²) in [5, 5.41) is 23.3. The second kappa shape index (κ2) is 9.20. The molecule has 0 aliphatic rings. The molecule has 0 heterocycles. The van der Waals surface area contributed by atoms with Gasteiger partial charge in [0, 0.05) is 17.9 Å². The van der Waals surface area contributed by atoms with E-state index in [9.17, 15) is 9.59 Å². The largest absolute Gasteiger partial charge is 0.449 e. The molecule has 0 aliphatic heterocycles. The molecule has 26 heavy (non-hydrogen) atoms. The quantitative estimate of drug-likeness (QED) is 0.658. The normalized spacial score (nSPS) is 11.1. The number of rotatable bonds is 7. The Morgan fingerprint density at radius 1 is 1.23 bits per heavy atom. The van der Waals surface area contributed by atoms with Crippen molar-refractivity contribution in [1.82, 2.24) is 0 Å². The lowest BCUT2D eigenvalue weighted by Crippen LogP contribution is -2.30. The average Bonchev–Trinajstić information content (AvgIpc) is 2.66. The summed E-state index contributed by atoms with van der Waals surface area (Å²) in [6, 6.07) is 15.1. The van der Waals surface area contributed by atoms with Gasteiger partial charge in [-0.1, -0.05) is 18.2 Å². The van der Waals surface area contributed by atoms with Gasteiger partial charge in [-0.05, 0) is 37.3 Å². The predicted octanol–water partition coefficient (Wildman–Crippen LogP) is 2.15. The highest BCUT2D eigenvalue weighted by Crippen LogP contribution is 2.17. The number of amides is 1. The maximum atomic E-state index is 12.3. The Hall–Kier alpha value is -3.37. The number of carbonyl (C=O) groups is 2. The van der Waals surface area contributed by atoms with Crippen molar-refractivity contribution in [3.8, 4) is 6.07 Å². The fourth-order valence-electron chi connectivity index (χ4n) is 2.19. The molecule has 2 rings (SSSR count). The number of nitrogens with zero attached hydrogens (tertiary/aromatic N) is 1. The van der Waals surface area contributed by atoms with Gasteiger partial charge in [-0.25, -0.2) is 4.79 Å². The van der Waals surface area contributed by atoms with Gasteiger partial charge in [0.05, 0.1) is 23.8 Å². The van der Waals surface area contributed by atoms with Crippen LogP contribution in [-0.4, -0.2) is 36.2 Å². The lowest BCUT2D eigenvalue weighted by atomic mass is 10.1. The molecule has 7 nitrogen and oxygen atoms in total. The van der Waals surface area contributed by atoms with Crippen LogP contribution in [0.1, 0.15) is 22.8 Å². The van der Waals surface area contributed by atoms with Crippen molar-refractivity contribution < 1.29 is 19.4 Å². The summed E-state index contributed by atoms with van der Waals surface area (Å²) in [4.78, 5) is 24.6. The SMILES string of the molecule is C[C@H](OC(=O)c1ccccc1NCCO)C(=O)Nc1cccc(C#N)c1. The highest BCUT2D eigenvalue weighted by Gasteiger charge is 2.21. The van der Waals surface area contributed by atoms with Gasteiger partial charge in [-0.3, -0.25) is 4.79 Å². The van der Waals surface area contributed by atoms with Gasteiger partial charge in [0.1, 0.15) is 0 Å². The summed E-state index contributed by atoms with van der Waals surface area (Å²) in [5.41, 5.74) is 1.64. The maximum Gasteiger partial charge on any atom is 0.341 e. The van der Waals surface area contributed by atoms with Gasteiger partial charge in [0.2, 0.25) is 0 Å². The molecule has 1 amide bonds. The molecule has 0 spiro atoms. The minimum Gasteiger partial charge on any atom is -0.449 e. The molecular weight excluding hydrogens is 334 g/mol. The molecule has 3 N–H and O–H groups in total. The van der Waals surface area contributed by atoms with E-state index in [0.29, 0.717) is 16.9 Å². The maximum absolute atomic E-state index is 12.3. The molecule has 7 heteroatoms. The van der Waals surface area contributed by atoms with Gasteiger partial charge >= 0.3 is 5.97 Å². The highest BCUT2D eigenvalue weighted by atomic mass is 16.5. The van der Waals surface area contributed by atoms with Crippen molar-refractivity contribution >= 4 is 23.3 Å². The summed E-state index contributed by atoms with van der Waals surface area (Å²) in [5.74, 6) is -1.16. The molecule has 0 aromatic heterocycles. The van der Waals surface area contributed by atoms with Crippen LogP contribution in [0.3, 0.4) is 0 Å². The molecule has 0 saturated heterocycles. The summed E-state index contributed by atoms with van der Waals surface area (Å²) in [6.07, 6.45) is -1.03. The minimum absolute atomic E-state index is 0.0794. The molecule has 0 bridgehead atoms. The van der Waals surface area contributed by atoms with E-state index in [1.807, 2.05) is 6.07 Å². The summed E-state index contributed by atoms with van der Waals surface area (Å²) in [6.45, 7) is 1.67. The molecule has 2 aromatic carbocycles. The van der Waals surface area contributed by atoms with Gasteiger partial charge in [0.25, 0.3) is 5.91 Å². The minimum atomic E-state index is -1.03. The summed E-state index contributed by atoms with van der Waals surface area (Å²) < 4.78 is 5.23. The molecule has 1 atom stereocenters. The Morgan fingerprint density at radius 3 is 2.73 bits per heavy atom. The number of benzene rings is 2. The lowest BCUT2D eigenvalue weighted by molar-refractivity contribution is -0.123. The number of para-hydroxylation sites is 1. The van der Waals surface area contributed by atoms with E-state index in [4.69, 9.17) is 15.1 Å². The average molecular weight is 353 g/mol. The van der Waals surface area contributed by atoms with Crippen molar-refractivity contribution in [3.05, 3.63) is 59.7 Å². The molecular formula is C19H19N3O4. The number of hydrogen-bond donors (Lipinski definition) is 3. The molecule has 0 unspecified atom stereocenters. The van der Waals surface area contributed by atoms with Crippen LogP contribution in [0, 0.1) is 11.3 Å². The topological polar surface area (TPSA) is 111 Å². The monoisotopic (exact) mass is 353 g/mol. The molecule has 134 valence electrons. The molecule has 2 aromatic rings. The van der Waals surface area contributed by atoms with Crippen molar-refractivity contribution in [2.75, 3.05) is 23.8 Å². The smallest absolute Gasteiger partial charge is 0.341 e. The Labute approximate surface area is 151 Å². The van der Waals surface area contributed by atoms with Gasteiger partial charge < -0.3 is 20.5 Å². The highest BCUT2D eigenvalue weighted by molar-refractivity contribution is 5.99. The Balaban J connectivity index is 2.02. The predicted molar refractivity (Wildman–Crippen MR) is 96.7 cm³/mol. The zero-order valence-corrected chi connectivity index (χ0v) is 14.2. The van der Waals surface area contributed by atoms with Crippen molar-refractivity contribution in [2.45, 2.75) is 13.0 Å². The van der Waals surface area contributed by atoms with Crippen LogP contribution in [0.25, 0.3) is 0 Å². The Kier molecular flexibility index (Phi) is 6.71. The van der Waals surface area contributed by atoms with E-state index in [0.717, 1.165) is 0 Å². The second-order valence-corrected chi connectivity index (χ2v) is 5.43. The van der Waals surface area contributed by atoms with E-state index in [-0.39, 0.29) is 18.7 Å². The molecule has 0 aliphatic carbocycles.